The zero-order valence-corrected chi connectivity index (χ0v) is 10.7. The van der Waals surface area contributed by atoms with Crippen molar-refractivity contribution < 1.29 is 9.90 Å². The Kier molecular flexibility index (Phi) is 4.02. The molecule has 3 nitrogen and oxygen atoms in total. The van der Waals surface area contributed by atoms with Crippen LogP contribution in [0.25, 0.3) is 0 Å². The molecule has 0 radical (unpaired) electrons. The highest BCUT2D eigenvalue weighted by Crippen LogP contribution is 2.37. The van der Waals surface area contributed by atoms with E-state index >= 15 is 0 Å². The van der Waals surface area contributed by atoms with Gasteiger partial charge in [-0.3, -0.25) is 4.79 Å². The van der Waals surface area contributed by atoms with Crippen LogP contribution in [0.15, 0.2) is 24.3 Å². The SMILES string of the molecule is NCC1(C(=O)Cc2cccc(O)c2)CCCCC1. The monoisotopic (exact) mass is 247 g/mol. The van der Waals surface area contributed by atoms with Gasteiger partial charge in [0.05, 0.1) is 0 Å². The van der Waals surface area contributed by atoms with Crippen LogP contribution in [-0.4, -0.2) is 17.4 Å². The third kappa shape index (κ3) is 2.72. The van der Waals surface area contributed by atoms with E-state index in [9.17, 15) is 9.90 Å². The van der Waals surface area contributed by atoms with Gasteiger partial charge in [-0.05, 0) is 30.5 Å². The smallest absolute Gasteiger partial charge is 0.144 e. The van der Waals surface area contributed by atoms with Crippen LogP contribution in [0.4, 0.5) is 0 Å². The van der Waals surface area contributed by atoms with Gasteiger partial charge in [0, 0.05) is 18.4 Å². The van der Waals surface area contributed by atoms with Crippen molar-refractivity contribution >= 4 is 5.78 Å². The van der Waals surface area contributed by atoms with Gasteiger partial charge in [-0.2, -0.15) is 0 Å². The standard InChI is InChI=1S/C15H21NO2/c16-11-15(7-2-1-3-8-15)14(18)10-12-5-4-6-13(17)9-12/h4-6,9,17H,1-3,7-8,10-11,16H2. The highest BCUT2D eigenvalue weighted by atomic mass is 16.3. The average Bonchev–Trinajstić information content (AvgIpc) is 2.39. The second kappa shape index (κ2) is 5.53. The highest BCUT2D eigenvalue weighted by molar-refractivity contribution is 5.87. The lowest BCUT2D eigenvalue weighted by Crippen LogP contribution is -2.41. The van der Waals surface area contributed by atoms with Crippen LogP contribution in [0, 0.1) is 5.41 Å². The molecular weight excluding hydrogens is 226 g/mol. The van der Waals surface area contributed by atoms with Crippen LogP contribution in [-0.2, 0) is 11.2 Å². The van der Waals surface area contributed by atoms with Gasteiger partial charge in [0.1, 0.15) is 11.5 Å². The van der Waals surface area contributed by atoms with Crippen LogP contribution in [0.5, 0.6) is 5.75 Å². The quantitative estimate of drug-likeness (QED) is 0.858. The zero-order chi connectivity index (χ0) is 13.0. The molecular formula is C15H21NO2. The van der Waals surface area contributed by atoms with Gasteiger partial charge in [-0.1, -0.05) is 31.4 Å². The summed E-state index contributed by atoms with van der Waals surface area (Å²) in [5.41, 5.74) is 6.41. The molecule has 18 heavy (non-hydrogen) atoms. The predicted molar refractivity (Wildman–Crippen MR) is 71.4 cm³/mol. The molecule has 98 valence electrons. The van der Waals surface area contributed by atoms with Gasteiger partial charge in [-0.25, -0.2) is 0 Å². The Balaban J connectivity index is 2.10. The predicted octanol–water partition coefficient (Wildman–Crippen LogP) is 2.41. The molecule has 0 atom stereocenters. The van der Waals surface area contributed by atoms with E-state index in [1.165, 1.54) is 6.42 Å². The number of hydrogen-bond donors (Lipinski definition) is 2. The summed E-state index contributed by atoms with van der Waals surface area (Å²) < 4.78 is 0. The third-order valence-electron chi connectivity index (χ3n) is 4.07. The Hall–Kier alpha value is -1.35. The lowest BCUT2D eigenvalue weighted by Gasteiger charge is -2.34. The lowest BCUT2D eigenvalue weighted by atomic mass is 9.70. The van der Waals surface area contributed by atoms with Crippen LogP contribution >= 0.6 is 0 Å². The molecule has 1 fully saturated rings. The Bertz CT molecular complexity index is 422. The molecule has 0 aliphatic heterocycles. The molecule has 1 aromatic rings. The molecule has 3 N–H and O–H groups in total. The maximum atomic E-state index is 12.5. The van der Waals surface area contributed by atoms with Crippen molar-refractivity contribution in [1.29, 1.82) is 0 Å². The summed E-state index contributed by atoms with van der Waals surface area (Å²) in [6, 6.07) is 6.93. The van der Waals surface area contributed by atoms with Gasteiger partial charge in [0.2, 0.25) is 0 Å². The van der Waals surface area contributed by atoms with Crippen molar-refractivity contribution in [2.24, 2.45) is 11.1 Å². The molecule has 2 rings (SSSR count). The number of phenols is 1. The molecule has 0 spiro atoms. The number of nitrogens with two attached hydrogens (primary N) is 1. The summed E-state index contributed by atoms with van der Waals surface area (Å²) in [6.07, 6.45) is 5.63. The number of rotatable bonds is 4. The molecule has 1 aliphatic carbocycles. The first-order valence-corrected chi connectivity index (χ1v) is 6.68. The van der Waals surface area contributed by atoms with Crippen LogP contribution in [0.1, 0.15) is 37.7 Å². The van der Waals surface area contributed by atoms with E-state index in [4.69, 9.17) is 5.73 Å². The molecule has 0 aromatic heterocycles. The van der Waals surface area contributed by atoms with E-state index in [0.29, 0.717) is 13.0 Å². The summed E-state index contributed by atoms with van der Waals surface area (Å²) in [5, 5.41) is 9.42. The van der Waals surface area contributed by atoms with E-state index < -0.39 is 0 Å². The fraction of sp³-hybridized carbons (Fsp3) is 0.533. The molecule has 0 heterocycles. The number of benzene rings is 1. The van der Waals surface area contributed by atoms with E-state index in [0.717, 1.165) is 31.2 Å². The second-order valence-electron chi connectivity index (χ2n) is 5.31. The molecule has 0 saturated heterocycles. The molecule has 0 amide bonds. The number of ketones is 1. The topological polar surface area (TPSA) is 63.3 Å². The van der Waals surface area contributed by atoms with E-state index in [-0.39, 0.29) is 16.9 Å². The Labute approximate surface area is 108 Å². The molecule has 1 saturated carbocycles. The first-order chi connectivity index (χ1) is 8.66. The van der Waals surface area contributed by atoms with Gasteiger partial charge in [0.25, 0.3) is 0 Å². The maximum Gasteiger partial charge on any atom is 0.144 e. The minimum Gasteiger partial charge on any atom is -0.508 e. The largest absolute Gasteiger partial charge is 0.508 e. The summed E-state index contributed by atoms with van der Waals surface area (Å²) in [5.74, 6) is 0.445. The molecule has 1 aliphatic rings. The minimum atomic E-state index is -0.316. The maximum absolute atomic E-state index is 12.5. The van der Waals surface area contributed by atoms with E-state index in [2.05, 4.69) is 0 Å². The molecule has 0 bridgehead atoms. The fourth-order valence-electron chi connectivity index (χ4n) is 2.86. The lowest BCUT2D eigenvalue weighted by molar-refractivity contribution is -0.129. The number of carbonyl (C=O) groups is 1. The zero-order valence-electron chi connectivity index (χ0n) is 10.7. The highest BCUT2D eigenvalue weighted by Gasteiger charge is 2.37. The van der Waals surface area contributed by atoms with Gasteiger partial charge in [-0.15, -0.1) is 0 Å². The van der Waals surface area contributed by atoms with Crippen LogP contribution in [0.2, 0.25) is 0 Å². The first-order valence-electron chi connectivity index (χ1n) is 6.68. The number of phenolic OH excluding ortho intramolecular Hbond substituents is 1. The first kappa shape index (κ1) is 13.1. The van der Waals surface area contributed by atoms with Crippen molar-refractivity contribution in [1.82, 2.24) is 0 Å². The molecule has 3 heteroatoms. The van der Waals surface area contributed by atoms with Crippen molar-refractivity contribution in [3.8, 4) is 5.75 Å². The third-order valence-corrected chi connectivity index (χ3v) is 4.07. The van der Waals surface area contributed by atoms with Gasteiger partial charge < -0.3 is 10.8 Å². The van der Waals surface area contributed by atoms with Gasteiger partial charge in [0.15, 0.2) is 0 Å². The minimum absolute atomic E-state index is 0.214. The van der Waals surface area contributed by atoms with Crippen molar-refractivity contribution in [2.75, 3.05) is 6.54 Å². The fourth-order valence-corrected chi connectivity index (χ4v) is 2.86. The normalized spacial score (nSPS) is 18.5. The summed E-state index contributed by atoms with van der Waals surface area (Å²) >= 11 is 0. The summed E-state index contributed by atoms with van der Waals surface area (Å²) in [7, 11) is 0. The Morgan fingerprint density at radius 2 is 2.00 bits per heavy atom. The Morgan fingerprint density at radius 1 is 1.28 bits per heavy atom. The summed E-state index contributed by atoms with van der Waals surface area (Å²) in [4.78, 5) is 12.5. The van der Waals surface area contributed by atoms with Crippen molar-refractivity contribution in [2.45, 2.75) is 38.5 Å². The number of Topliss-reactive ketones (excluding diaryl/α,β-unsaturated/α-hetero) is 1. The molecule has 1 aromatic carbocycles. The Morgan fingerprint density at radius 3 is 2.61 bits per heavy atom. The van der Waals surface area contributed by atoms with Crippen LogP contribution in [0.3, 0.4) is 0 Å². The number of aromatic hydroxyl groups is 1. The number of hydrogen-bond acceptors (Lipinski definition) is 3. The molecule has 0 unspecified atom stereocenters. The van der Waals surface area contributed by atoms with Crippen molar-refractivity contribution in [3.05, 3.63) is 29.8 Å². The summed E-state index contributed by atoms with van der Waals surface area (Å²) in [6.45, 7) is 0.449. The average molecular weight is 247 g/mol. The van der Waals surface area contributed by atoms with E-state index in [1.54, 1.807) is 18.2 Å². The van der Waals surface area contributed by atoms with Crippen LogP contribution < -0.4 is 5.73 Å². The van der Waals surface area contributed by atoms with Gasteiger partial charge >= 0.3 is 0 Å². The van der Waals surface area contributed by atoms with Crippen molar-refractivity contribution in [3.63, 3.8) is 0 Å². The second-order valence-corrected chi connectivity index (χ2v) is 5.31. The van der Waals surface area contributed by atoms with E-state index in [1.807, 2.05) is 6.07 Å². The number of carbonyl (C=O) groups excluding carboxylic acids is 1.